The molecule has 1 aromatic carbocycles. The van der Waals surface area contributed by atoms with Crippen molar-refractivity contribution < 1.29 is 14.0 Å². The molecule has 2 aromatic rings. The molecule has 8 heteroatoms. The first-order chi connectivity index (χ1) is 13.6. The van der Waals surface area contributed by atoms with E-state index >= 15 is 0 Å². The van der Waals surface area contributed by atoms with Gasteiger partial charge in [0.2, 0.25) is 5.91 Å². The van der Waals surface area contributed by atoms with Crippen molar-refractivity contribution in [2.45, 2.75) is 44.2 Å². The number of benzene rings is 1. The topological polar surface area (TPSA) is 75.2 Å². The number of hydrogen-bond acceptors (Lipinski definition) is 5. The van der Waals surface area contributed by atoms with Gasteiger partial charge >= 0.3 is 0 Å². The van der Waals surface area contributed by atoms with E-state index in [0.29, 0.717) is 5.56 Å². The second-order valence-corrected chi connectivity index (χ2v) is 7.44. The number of hydrogen-bond donors (Lipinski definition) is 1. The molecule has 1 aromatic heterocycles. The van der Waals surface area contributed by atoms with Crippen LogP contribution in [0.15, 0.2) is 42.3 Å². The Kier molecular flexibility index (Phi) is 6.86. The van der Waals surface area contributed by atoms with Crippen molar-refractivity contribution in [1.29, 1.82) is 0 Å². The van der Waals surface area contributed by atoms with Crippen molar-refractivity contribution >= 4 is 23.3 Å². The van der Waals surface area contributed by atoms with E-state index < -0.39 is 17.8 Å². The monoisotopic (exact) mass is 402 g/mol. The number of carbonyl (C=O) groups excluding carboxylic acids is 2. The van der Waals surface area contributed by atoms with Crippen LogP contribution in [0.5, 0.6) is 0 Å². The smallest absolute Gasteiger partial charge is 0.276 e. The van der Waals surface area contributed by atoms with E-state index in [4.69, 9.17) is 0 Å². The van der Waals surface area contributed by atoms with E-state index in [1.807, 2.05) is 0 Å². The lowest BCUT2D eigenvalue weighted by atomic mass is 9.94. The highest BCUT2D eigenvalue weighted by Crippen LogP contribution is 2.25. The van der Waals surface area contributed by atoms with E-state index in [1.165, 1.54) is 35.6 Å². The first-order valence-electron chi connectivity index (χ1n) is 9.35. The Bertz CT molecular complexity index is 804. The molecule has 2 amide bonds. The molecule has 0 spiro atoms. The summed E-state index contributed by atoms with van der Waals surface area (Å²) in [5.41, 5.74) is 0.706. The molecule has 28 heavy (non-hydrogen) atoms. The fraction of sp³-hybridized carbons (Fsp3) is 0.400. The molecule has 1 fully saturated rings. The van der Waals surface area contributed by atoms with Gasteiger partial charge in [-0.15, -0.1) is 11.7 Å². The molecule has 1 saturated carbocycles. The van der Waals surface area contributed by atoms with Crippen molar-refractivity contribution in [3.63, 3.8) is 0 Å². The molecule has 0 saturated heterocycles. The molecule has 0 bridgehead atoms. The minimum atomic E-state index is -0.908. The normalized spacial score (nSPS) is 15.6. The highest BCUT2D eigenvalue weighted by molar-refractivity contribution is 7.03. The molecule has 1 aliphatic rings. The fourth-order valence-corrected chi connectivity index (χ4v) is 3.92. The number of amides is 2. The molecular formula is C20H23FN4O2S. The molecule has 1 aliphatic carbocycles. The molecule has 0 radical (unpaired) electrons. The number of carbonyl (C=O) groups is 2. The lowest BCUT2D eigenvalue weighted by molar-refractivity contribution is -0.126. The highest BCUT2D eigenvalue weighted by Gasteiger charge is 2.33. The zero-order valence-electron chi connectivity index (χ0n) is 15.5. The van der Waals surface area contributed by atoms with E-state index in [2.05, 4.69) is 21.5 Å². The lowest BCUT2D eigenvalue weighted by Gasteiger charge is -2.32. The van der Waals surface area contributed by atoms with Crippen molar-refractivity contribution in [2.75, 3.05) is 6.54 Å². The summed E-state index contributed by atoms with van der Waals surface area (Å²) < 4.78 is 17.2. The third-order valence-electron chi connectivity index (χ3n) is 4.86. The van der Waals surface area contributed by atoms with E-state index in [9.17, 15) is 14.0 Å². The van der Waals surface area contributed by atoms with Gasteiger partial charge in [-0.25, -0.2) is 4.39 Å². The van der Waals surface area contributed by atoms with Crippen LogP contribution in [-0.2, 0) is 4.79 Å². The number of nitrogens with one attached hydrogen (secondary N) is 1. The fourth-order valence-electron chi connectivity index (χ4n) is 3.49. The van der Waals surface area contributed by atoms with Crippen molar-refractivity contribution in [3.8, 4) is 0 Å². The Hall–Kier alpha value is -2.61. The van der Waals surface area contributed by atoms with Crippen LogP contribution in [-0.4, -0.2) is 38.9 Å². The zero-order valence-corrected chi connectivity index (χ0v) is 16.3. The molecule has 0 aliphatic heterocycles. The van der Waals surface area contributed by atoms with E-state index in [1.54, 1.807) is 11.5 Å². The third-order valence-corrected chi connectivity index (χ3v) is 5.37. The summed E-state index contributed by atoms with van der Waals surface area (Å²) in [5, 5.41) is 8.45. The maximum absolute atomic E-state index is 13.4. The highest BCUT2D eigenvalue weighted by atomic mass is 32.1. The summed E-state index contributed by atoms with van der Waals surface area (Å²) in [5.74, 6) is -1.10. The van der Waals surface area contributed by atoms with E-state index in [-0.39, 0.29) is 24.2 Å². The summed E-state index contributed by atoms with van der Waals surface area (Å²) >= 11 is 1.07. The number of halogens is 1. The Morgan fingerprint density at radius 1 is 1.29 bits per heavy atom. The summed E-state index contributed by atoms with van der Waals surface area (Å²) in [7, 11) is 0. The van der Waals surface area contributed by atoms with Crippen LogP contribution < -0.4 is 5.32 Å². The largest absolute Gasteiger partial charge is 0.351 e. The van der Waals surface area contributed by atoms with Gasteiger partial charge in [-0.1, -0.05) is 42.0 Å². The molecule has 1 atom stereocenters. The van der Waals surface area contributed by atoms with Crippen molar-refractivity contribution in [3.05, 3.63) is 59.4 Å². The van der Waals surface area contributed by atoms with Crippen LogP contribution in [0.1, 0.15) is 54.2 Å². The van der Waals surface area contributed by atoms with Gasteiger partial charge in [0.05, 0.1) is 0 Å². The Labute approximate surface area is 167 Å². The van der Waals surface area contributed by atoms with Gasteiger partial charge in [0.1, 0.15) is 11.9 Å². The van der Waals surface area contributed by atoms with Gasteiger partial charge in [0.25, 0.3) is 5.91 Å². The average molecular weight is 402 g/mol. The minimum Gasteiger partial charge on any atom is -0.351 e. The SMILES string of the molecule is C=CCN(C(=O)c1csnn1)[C@H](C(=O)NC1CCCCC1)c1ccc(F)cc1. The quantitative estimate of drug-likeness (QED) is 0.720. The predicted molar refractivity (Wildman–Crippen MR) is 105 cm³/mol. The molecule has 1 N–H and O–H groups in total. The third kappa shape index (κ3) is 4.81. The van der Waals surface area contributed by atoms with Crippen molar-refractivity contribution in [1.82, 2.24) is 19.8 Å². The maximum atomic E-state index is 13.4. The van der Waals surface area contributed by atoms with Gasteiger partial charge in [-0.3, -0.25) is 9.59 Å². The lowest BCUT2D eigenvalue weighted by Crippen LogP contribution is -2.47. The Morgan fingerprint density at radius 2 is 2.00 bits per heavy atom. The van der Waals surface area contributed by atoms with Crippen LogP contribution in [0.4, 0.5) is 4.39 Å². The Balaban J connectivity index is 1.92. The molecule has 3 rings (SSSR count). The van der Waals surface area contributed by atoms with E-state index in [0.717, 1.165) is 37.2 Å². The summed E-state index contributed by atoms with van der Waals surface area (Å²) in [6.07, 6.45) is 6.73. The Morgan fingerprint density at radius 3 is 2.61 bits per heavy atom. The van der Waals surface area contributed by atoms with Gasteiger partial charge in [0, 0.05) is 18.0 Å². The summed E-state index contributed by atoms with van der Waals surface area (Å²) in [4.78, 5) is 27.6. The van der Waals surface area contributed by atoms with Crippen LogP contribution in [0.2, 0.25) is 0 Å². The van der Waals surface area contributed by atoms with Crippen LogP contribution in [0.3, 0.4) is 0 Å². The minimum absolute atomic E-state index is 0.0887. The predicted octanol–water partition coefficient (Wildman–Crippen LogP) is 3.50. The number of aromatic nitrogens is 2. The van der Waals surface area contributed by atoms with Crippen LogP contribution in [0.25, 0.3) is 0 Å². The van der Waals surface area contributed by atoms with Gasteiger partial charge in [0.15, 0.2) is 5.69 Å². The molecule has 0 unspecified atom stereocenters. The average Bonchev–Trinajstić information content (AvgIpc) is 3.24. The second-order valence-electron chi connectivity index (χ2n) is 6.83. The number of nitrogens with zero attached hydrogens (tertiary/aromatic N) is 3. The summed E-state index contributed by atoms with van der Waals surface area (Å²) in [6, 6.07) is 4.82. The van der Waals surface area contributed by atoms with Gasteiger partial charge in [-0.05, 0) is 42.1 Å². The van der Waals surface area contributed by atoms with Crippen LogP contribution in [0, 0.1) is 5.82 Å². The molecule has 1 heterocycles. The van der Waals surface area contributed by atoms with Crippen LogP contribution >= 0.6 is 11.5 Å². The number of rotatable bonds is 7. The van der Waals surface area contributed by atoms with Crippen molar-refractivity contribution in [2.24, 2.45) is 0 Å². The second kappa shape index (κ2) is 9.54. The molecule has 6 nitrogen and oxygen atoms in total. The maximum Gasteiger partial charge on any atom is 0.276 e. The van der Waals surface area contributed by atoms with Gasteiger partial charge in [-0.2, -0.15) is 0 Å². The summed E-state index contributed by atoms with van der Waals surface area (Å²) in [6.45, 7) is 3.86. The standard InChI is InChI=1S/C20H23FN4O2S/c1-2-12-25(20(27)17-13-28-24-23-17)18(14-8-10-15(21)11-9-14)19(26)22-16-6-4-3-5-7-16/h2,8-11,13,16,18H,1,3-7,12H2,(H,22,26)/t18-/m0/s1. The first kappa shape index (κ1) is 20.1. The van der Waals surface area contributed by atoms with Gasteiger partial charge < -0.3 is 10.2 Å². The molecular weight excluding hydrogens is 379 g/mol. The zero-order chi connectivity index (χ0) is 19.9. The first-order valence-corrected chi connectivity index (χ1v) is 10.2. The molecule has 148 valence electrons.